The topological polar surface area (TPSA) is 42.7 Å². The van der Waals surface area contributed by atoms with Gasteiger partial charge >= 0.3 is 0 Å². The first kappa shape index (κ1) is 15.6. The predicted octanol–water partition coefficient (Wildman–Crippen LogP) is 4.51. The van der Waals surface area contributed by atoms with Crippen LogP contribution in [0.25, 0.3) is 31.5 Å². The Kier molecular flexibility index (Phi) is 3.76. The molecular weight excluding hydrogens is 346 g/mol. The SMILES string of the molecule is O=c1cc(-c2cccc3c2sc2ccccc23)oc(N2CCOCC2)c1. The first-order valence-corrected chi connectivity index (χ1v) is 9.50. The van der Waals surface area contributed by atoms with E-state index >= 15 is 0 Å². The minimum Gasteiger partial charge on any atom is -0.440 e. The number of thiophene rings is 1. The Morgan fingerprint density at radius 3 is 2.62 bits per heavy atom. The van der Waals surface area contributed by atoms with Gasteiger partial charge in [0.05, 0.1) is 13.2 Å². The van der Waals surface area contributed by atoms with Crippen LogP contribution in [0.1, 0.15) is 0 Å². The van der Waals surface area contributed by atoms with Crippen molar-refractivity contribution in [3.8, 4) is 11.3 Å². The quantitative estimate of drug-likeness (QED) is 0.525. The minimum atomic E-state index is -0.0362. The van der Waals surface area contributed by atoms with Gasteiger partial charge in [-0.3, -0.25) is 4.79 Å². The summed E-state index contributed by atoms with van der Waals surface area (Å²) in [6, 6.07) is 17.7. The van der Waals surface area contributed by atoms with Gasteiger partial charge in [-0.25, -0.2) is 0 Å². The molecule has 4 aromatic rings. The van der Waals surface area contributed by atoms with Gasteiger partial charge in [0, 0.05) is 51.0 Å². The van der Waals surface area contributed by atoms with E-state index < -0.39 is 0 Å². The summed E-state index contributed by atoms with van der Waals surface area (Å²) in [6.45, 7) is 2.78. The summed E-state index contributed by atoms with van der Waals surface area (Å²) in [6.07, 6.45) is 0. The van der Waals surface area contributed by atoms with E-state index in [1.165, 1.54) is 15.5 Å². The summed E-state index contributed by atoms with van der Waals surface area (Å²) in [7, 11) is 0. The van der Waals surface area contributed by atoms with Gasteiger partial charge in [-0.15, -0.1) is 11.3 Å². The lowest BCUT2D eigenvalue weighted by Gasteiger charge is -2.27. The number of nitrogens with zero attached hydrogens (tertiary/aromatic N) is 1. The van der Waals surface area contributed by atoms with Gasteiger partial charge < -0.3 is 14.1 Å². The maximum atomic E-state index is 12.3. The third-order valence-corrected chi connectivity index (χ3v) is 5.97. The third kappa shape index (κ3) is 2.60. The van der Waals surface area contributed by atoms with E-state index in [0.717, 1.165) is 23.4 Å². The van der Waals surface area contributed by atoms with Crippen LogP contribution >= 0.6 is 11.3 Å². The van der Waals surface area contributed by atoms with Crippen molar-refractivity contribution in [2.24, 2.45) is 0 Å². The zero-order chi connectivity index (χ0) is 17.5. The van der Waals surface area contributed by atoms with Crippen molar-refractivity contribution >= 4 is 37.4 Å². The van der Waals surface area contributed by atoms with Crippen molar-refractivity contribution in [3.05, 3.63) is 64.8 Å². The lowest BCUT2D eigenvalue weighted by Crippen LogP contribution is -2.36. The Morgan fingerprint density at radius 1 is 0.923 bits per heavy atom. The second kappa shape index (κ2) is 6.27. The highest BCUT2D eigenvalue weighted by atomic mass is 32.1. The highest BCUT2D eigenvalue weighted by Crippen LogP contribution is 2.39. The number of rotatable bonds is 2. The molecule has 4 nitrogen and oxygen atoms in total. The van der Waals surface area contributed by atoms with Crippen molar-refractivity contribution in [2.45, 2.75) is 0 Å². The summed E-state index contributed by atoms with van der Waals surface area (Å²) in [5.41, 5.74) is 0.932. The number of hydrogen-bond donors (Lipinski definition) is 0. The molecule has 0 saturated carbocycles. The third-order valence-electron chi connectivity index (χ3n) is 4.75. The first-order valence-electron chi connectivity index (χ1n) is 8.68. The Bertz CT molecular complexity index is 1150. The number of morpholine rings is 1. The maximum Gasteiger partial charge on any atom is 0.200 e. The van der Waals surface area contributed by atoms with Crippen LogP contribution < -0.4 is 10.3 Å². The van der Waals surface area contributed by atoms with Gasteiger partial charge in [0.1, 0.15) is 5.76 Å². The molecule has 0 amide bonds. The largest absolute Gasteiger partial charge is 0.440 e. The number of ether oxygens (including phenoxy) is 1. The number of anilines is 1. The number of benzene rings is 2. The second-order valence-corrected chi connectivity index (χ2v) is 7.43. The van der Waals surface area contributed by atoms with Gasteiger partial charge in [0.25, 0.3) is 0 Å². The van der Waals surface area contributed by atoms with Crippen LogP contribution in [0.4, 0.5) is 5.88 Å². The van der Waals surface area contributed by atoms with Gasteiger partial charge in [-0.05, 0) is 12.1 Å². The van der Waals surface area contributed by atoms with Crippen LogP contribution in [-0.4, -0.2) is 26.3 Å². The molecule has 2 aromatic carbocycles. The fourth-order valence-electron chi connectivity index (χ4n) is 3.48. The van der Waals surface area contributed by atoms with Crippen LogP contribution in [0.5, 0.6) is 0 Å². The van der Waals surface area contributed by atoms with Crippen LogP contribution in [0.3, 0.4) is 0 Å². The van der Waals surface area contributed by atoms with Crippen LogP contribution in [-0.2, 0) is 4.74 Å². The molecule has 2 aromatic heterocycles. The van der Waals surface area contributed by atoms with Crippen LogP contribution in [0.2, 0.25) is 0 Å². The molecule has 0 spiro atoms. The molecule has 0 bridgehead atoms. The smallest absolute Gasteiger partial charge is 0.200 e. The molecule has 0 unspecified atom stereocenters. The molecule has 5 rings (SSSR count). The lowest BCUT2D eigenvalue weighted by molar-refractivity contribution is 0.120. The van der Waals surface area contributed by atoms with Crippen molar-refractivity contribution in [1.29, 1.82) is 0 Å². The summed E-state index contributed by atoms with van der Waals surface area (Å²) in [5, 5.41) is 2.43. The van der Waals surface area contributed by atoms with Crippen molar-refractivity contribution in [2.75, 3.05) is 31.2 Å². The Balaban J connectivity index is 1.70. The molecule has 0 aliphatic carbocycles. The minimum absolute atomic E-state index is 0.0362. The standard InChI is InChI=1S/C21H17NO3S/c23-14-12-18(25-20(13-14)22-8-10-24-11-9-22)17-6-3-5-16-15-4-1-2-7-19(15)26-21(16)17/h1-7,12-13H,8-11H2. The normalized spacial score (nSPS) is 15.0. The van der Waals surface area contributed by atoms with Crippen LogP contribution in [0, 0.1) is 0 Å². The van der Waals surface area contributed by atoms with Gasteiger partial charge in [0.2, 0.25) is 0 Å². The van der Waals surface area contributed by atoms with Crippen LogP contribution in [0.15, 0.2) is 63.8 Å². The van der Waals surface area contributed by atoms with E-state index in [2.05, 4.69) is 35.2 Å². The van der Waals surface area contributed by atoms with Crippen molar-refractivity contribution in [3.63, 3.8) is 0 Å². The highest BCUT2D eigenvalue weighted by Gasteiger charge is 2.17. The maximum absolute atomic E-state index is 12.3. The molecule has 0 radical (unpaired) electrons. The molecule has 3 heterocycles. The van der Waals surface area contributed by atoms with Crippen molar-refractivity contribution < 1.29 is 9.15 Å². The molecule has 0 atom stereocenters. The highest BCUT2D eigenvalue weighted by molar-refractivity contribution is 7.26. The fourth-order valence-corrected chi connectivity index (χ4v) is 4.70. The first-order chi connectivity index (χ1) is 12.8. The molecule has 0 N–H and O–H groups in total. The van der Waals surface area contributed by atoms with E-state index in [-0.39, 0.29) is 5.43 Å². The average Bonchev–Trinajstić information content (AvgIpc) is 3.07. The van der Waals surface area contributed by atoms with E-state index in [1.807, 2.05) is 12.1 Å². The Hall–Kier alpha value is -2.63. The van der Waals surface area contributed by atoms with Gasteiger partial charge in [0.15, 0.2) is 11.3 Å². The molecule has 1 aliphatic heterocycles. The van der Waals surface area contributed by atoms with Gasteiger partial charge in [-0.1, -0.05) is 30.3 Å². The summed E-state index contributed by atoms with van der Waals surface area (Å²) in [4.78, 5) is 14.4. The van der Waals surface area contributed by atoms with E-state index in [1.54, 1.807) is 23.5 Å². The lowest BCUT2D eigenvalue weighted by atomic mass is 10.1. The molecule has 1 aliphatic rings. The number of hydrogen-bond acceptors (Lipinski definition) is 5. The fraction of sp³-hybridized carbons (Fsp3) is 0.190. The second-order valence-electron chi connectivity index (χ2n) is 6.38. The predicted molar refractivity (Wildman–Crippen MR) is 106 cm³/mol. The average molecular weight is 363 g/mol. The molecular formula is C21H17NO3S. The molecule has 130 valence electrons. The van der Waals surface area contributed by atoms with E-state index in [9.17, 15) is 4.79 Å². The van der Waals surface area contributed by atoms with E-state index in [0.29, 0.717) is 24.9 Å². The summed E-state index contributed by atoms with van der Waals surface area (Å²) < 4.78 is 13.9. The zero-order valence-corrected chi connectivity index (χ0v) is 14.9. The molecule has 5 heteroatoms. The van der Waals surface area contributed by atoms with Gasteiger partial charge in [-0.2, -0.15) is 0 Å². The summed E-state index contributed by atoms with van der Waals surface area (Å²) >= 11 is 1.73. The number of fused-ring (bicyclic) bond motifs is 3. The monoisotopic (exact) mass is 363 g/mol. The van der Waals surface area contributed by atoms with E-state index in [4.69, 9.17) is 9.15 Å². The molecule has 26 heavy (non-hydrogen) atoms. The summed E-state index contributed by atoms with van der Waals surface area (Å²) in [5.74, 6) is 1.24. The Morgan fingerprint density at radius 2 is 1.73 bits per heavy atom. The Labute approximate surface area is 154 Å². The molecule has 1 fully saturated rings. The molecule has 1 saturated heterocycles. The zero-order valence-electron chi connectivity index (χ0n) is 14.1. The van der Waals surface area contributed by atoms with Crippen molar-refractivity contribution in [1.82, 2.24) is 0 Å².